The van der Waals surface area contributed by atoms with E-state index in [4.69, 9.17) is 24.9 Å². The Kier molecular flexibility index (Phi) is 9.38. The minimum atomic E-state index is -0.316. The van der Waals surface area contributed by atoms with Gasteiger partial charge in [0.15, 0.2) is 11.5 Å². The minimum Gasteiger partial charge on any atom is -0.395 e. The Balaban J connectivity index is 1.16. The lowest BCUT2D eigenvalue weighted by Crippen LogP contribution is -2.37. The van der Waals surface area contributed by atoms with Crippen molar-refractivity contribution in [2.75, 3.05) is 74.6 Å². The summed E-state index contributed by atoms with van der Waals surface area (Å²) in [7, 11) is 0. The maximum absolute atomic E-state index is 12.7. The number of carbonyl (C=O) groups excluding carboxylic acids is 1. The van der Waals surface area contributed by atoms with Crippen LogP contribution in [0.2, 0.25) is 0 Å². The summed E-state index contributed by atoms with van der Waals surface area (Å²) in [6.45, 7) is 6.32. The molecule has 0 bridgehead atoms. The lowest BCUT2D eigenvalue weighted by atomic mass is 10.1. The van der Waals surface area contributed by atoms with E-state index in [1.807, 2.05) is 54.7 Å². The van der Waals surface area contributed by atoms with Crippen molar-refractivity contribution >= 4 is 34.3 Å². The second-order valence-electron chi connectivity index (χ2n) is 10.9. The average molecular weight is 586 g/mol. The normalized spacial score (nSPS) is 16.0. The van der Waals surface area contributed by atoms with E-state index in [0.717, 1.165) is 80.0 Å². The van der Waals surface area contributed by atoms with Crippen molar-refractivity contribution in [3.63, 3.8) is 0 Å². The van der Waals surface area contributed by atoms with E-state index in [9.17, 15) is 4.79 Å². The van der Waals surface area contributed by atoms with Gasteiger partial charge in [-0.15, -0.1) is 0 Å². The van der Waals surface area contributed by atoms with Gasteiger partial charge in [0.05, 0.1) is 37.4 Å². The fraction of sp³-hybridized carbons (Fsp3) is 0.419. The molecule has 0 saturated carbocycles. The number of ether oxygens (including phenoxy) is 1. The number of aromatic nitrogens is 4. The number of nitrogens with one attached hydrogen (secondary N) is 4. The van der Waals surface area contributed by atoms with Gasteiger partial charge >= 0.3 is 6.03 Å². The zero-order valence-corrected chi connectivity index (χ0v) is 24.3. The fourth-order valence-corrected chi connectivity index (χ4v) is 5.56. The van der Waals surface area contributed by atoms with Gasteiger partial charge in [-0.3, -0.25) is 0 Å². The first-order valence-corrected chi connectivity index (χ1v) is 15.1. The number of urea groups is 1. The van der Waals surface area contributed by atoms with Crippen LogP contribution in [0.5, 0.6) is 0 Å². The molecule has 4 heterocycles. The Morgan fingerprint density at radius 2 is 1.65 bits per heavy atom. The number of aliphatic hydroxyl groups is 1. The van der Waals surface area contributed by atoms with Crippen molar-refractivity contribution in [2.24, 2.45) is 0 Å². The first-order chi connectivity index (χ1) is 21.2. The summed E-state index contributed by atoms with van der Waals surface area (Å²) in [4.78, 5) is 25.0. The number of carbonyl (C=O) groups is 1. The molecule has 2 aliphatic rings. The lowest BCUT2D eigenvalue weighted by molar-refractivity contribution is 0.122. The van der Waals surface area contributed by atoms with Crippen LogP contribution in [-0.2, 0) is 11.2 Å². The summed E-state index contributed by atoms with van der Waals surface area (Å²) in [5, 5.41) is 27.0. The van der Waals surface area contributed by atoms with E-state index in [-0.39, 0.29) is 12.6 Å². The zero-order chi connectivity index (χ0) is 29.4. The van der Waals surface area contributed by atoms with Crippen molar-refractivity contribution in [1.29, 1.82) is 0 Å². The number of morpholine rings is 1. The number of benzene rings is 2. The van der Waals surface area contributed by atoms with Gasteiger partial charge < -0.3 is 36.0 Å². The molecular weight excluding hydrogens is 546 g/mol. The van der Waals surface area contributed by atoms with Gasteiger partial charge in [-0.05, 0) is 80.9 Å². The number of aliphatic hydroxyl groups excluding tert-OH is 1. The predicted octanol–water partition coefficient (Wildman–Crippen LogP) is 3.02. The number of hydrogen-bond donors (Lipinski definition) is 5. The Hall–Kier alpha value is -4.10. The number of fused-ring (bicyclic) bond motifs is 1. The molecule has 0 aliphatic carbocycles. The first kappa shape index (κ1) is 29.0. The molecule has 6 rings (SSSR count). The fourth-order valence-electron chi connectivity index (χ4n) is 5.56. The molecule has 2 aliphatic heterocycles. The molecular formula is C31H39N9O3. The Morgan fingerprint density at radius 1 is 0.953 bits per heavy atom. The molecule has 2 aromatic carbocycles. The van der Waals surface area contributed by atoms with Crippen LogP contribution in [0.1, 0.15) is 24.4 Å². The molecule has 2 fully saturated rings. The molecule has 12 nitrogen and oxygen atoms in total. The second kappa shape index (κ2) is 13.9. The van der Waals surface area contributed by atoms with Gasteiger partial charge in [-0.2, -0.15) is 5.10 Å². The third-order valence-electron chi connectivity index (χ3n) is 7.89. The first-order valence-electron chi connectivity index (χ1n) is 15.1. The van der Waals surface area contributed by atoms with E-state index in [0.29, 0.717) is 43.0 Å². The highest BCUT2D eigenvalue weighted by atomic mass is 16.5. The molecule has 4 aromatic rings. The second-order valence-corrected chi connectivity index (χ2v) is 10.9. The van der Waals surface area contributed by atoms with Crippen LogP contribution in [0.25, 0.3) is 22.4 Å². The van der Waals surface area contributed by atoms with Crippen molar-refractivity contribution in [3.05, 3.63) is 60.3 Å². The SMILES string of the molecule is O=C(Nc1ccc(CCNCCO)cc1)Nc1ccc(-c2nc(N3CCOCC3)c3cnn(C4CCNCC4)c3n2)cc1. The molecule has 226 valence electrons. The molecule has 12 heteroatoms. The van der Waals surface area contributed by atoms with Crippen LogP contribution in [0, 0.1) is 0 Å². The monoisotopic (exact) mass is 585 g/mol. The number of anilines is 3. The topological polar surface area (TPSA) is 141 Å². The largest absolute Gasteiger partial charge is 0.395 e. The number of amides is 2. The highest BCUT2D eigenvalue weighted by Gasteiger charge is 2.24. The van der Waals surface area contributed by atoms with E-state index in [1.165, 1.54) is 0 Å². The third kappa shape index (κ3) is 7.11. The van der Waals surface area contributed by atoms with Crippen LogP contribution in [-0.4, -0.2) is 90.0 Å². The van der Waals surface area contributed by atoms with Crippen molar-refractivity contribution < 1.29 is 14.6 Å². The van der Waals surface area contributed by atoms with Crippen LogP contribution >= 0.6 is 0 Å². The standard InChI is InChI=1S/C31H39N9O3/c41-18-15-33-12-9-22-1-5-24(6-2-22)35-31(42)36-25-7-3-23(4-8-25)28-37-29(39-16-19-43-20-17-39)27-21-34-40(30(27)38-28)26-10-13-32-14-11-26/h1-8,21,26,32-33,41H,9-20H2,(H2,35,36,42). The smallest absolute Gasteiger partial charge is 0.323 e. The molecule has 0 unspecified atom stereocenters. The quantitative estimate of drug-likeness (QED) is 0.178. The molecule has 2 aromatic heterocycles. The van der Waals surface area contributed by atoms with E-state index < -0.39 is 0 Å². The van der Waals surface area contributed by atoms with Crippen LogP contribution in [0.15, 0.2) is 54.7 Å². The van der Waals surface area contributed by atoms with Gasteiger partial charge in [0.2, 0.25) is 0 Å². The summed E-state index contributed by atoms with van der Waals surface area (Å²) >= 11 is 0. The molecule has 0 spiro atoms. The Bertz CT molecular complexity index is 1500. The number of rotatable bonds is 10. The van der Waals surface area contributed by atoms with Gasteiger partial charge in [-0.1, -0.05) is 12.1 Å². The Labute approximate surface area is 250 Å². The summed E-state index contributed by atoms with van der Waals surface area (Å²) in [6.07, 6.45) is 4.78. The highest BCUT2D eigenvalue weighted by Crippen LogP contribution is 2.31. The number of hydrogen-bond acceptors (Lipinski definition) is 9. The van der Waals surface area contributed by atoms with Crippen molar-refractivity contribution in [3.8, 4) is 11.4 Å². The minimum absolute atomic E-state index is 0.130. The van der Waals surface area contributed by atoms with E-state index >= 15 is 0 Å². The molecule has 0 atom stereocenters. The lowest BCUT2D eigenvalue weighted by Gasteiger charge is -2.28. The summed E-state index contributed by atoms with van der Waals surface area (Å²) in [5.74, 6) is 1.52. The number of piperidine rings is 1. The predicted molar refractivity (Wildman–Crippen MR) is 168 cm³/mol. The molecule has 43 heavy (non-hydrogen) atoms. The van der Waals surface area contributed by atoms with E-state index in [1.54, 1.807) is 0 Å². The third-order valence-corrected chi connectivity index (χ3v) is 7.89. The molecule has 0 radical (unpaired) electrons. The summed E-state index contributed by atoms with van der Waals surface area (Å²) in [5.41, 5.74) is 4.26. The Morgan fingerprint density at radius 3 is 2.35 bits per heavy atom. The average Bonchev–Trinajstić information content (AvgIpc) is 3.49. The maximum Gasteiger partial charge on any atom is 0.323 e. The molecule has 2 saturated heterocycles. The van der Waals surface area contributed by atoms with Crippen LogP contribution in [0.4, 0.5) is 22.0 Å². The highest BCUT2D eigenvalue weighted by molar-refractivity contribution is 5.99. The summed E-state index contributed by atoms with van der Waals surface area (Å²) in [6, 6.07) is 15.3. The van der Waals surface area contributed by atoms with Crippen LogP contribution < -0.4 is 26.2 Å². The van der Waals surface area contributed by atoms with E-state index in [2.05, 4.69) is 30.8 Å². The van der Waals surface area contributed by atoms with Crippen molar-refractivity contribution in [2.45, 2.75) is 25.3 Å². The molecule has 2 amide bonds. The summed E-state index contributed by atoms with van der Waals surface area (Å²) < 4.78 is 7.67. The zero-order valence-electron chi connectivity index (χ0n) is 24.3. The van der Waals surface area contributed by atoms with Gasteiger partial charge in [0.25, 0.3) is 0 Å². The maximum atomic E-state index is 12.7. The number of nitrogens with zero attached hydrogens (tertiary/aromatic N) is 5. The van der Waals surface area contributed by atoms with Gasteiger partial charge in [-0.25, -0.2) is 19.4 Å². The van der Waals surface area contributed by atoms with Crippen LogP contribution in [0.3, 0.4) is 0 Å². The van der Waals surface area contributed by atoms with Gasteiger partial charge in [0, 0.05) is 36.6 Å². The molecule has 5 N–H and O–H groups in total. The van der Waals surface area contributed by atoms with Crippen molar-refractivity contribution in [1.82, 2.24) is 30.4 Å². The van der Waals surface area contributed by atoms with Gasteiger partial charge in [0.1, 0.15) is 5.82 Å².